The van der Waals surface area contributed by atoms with E-state index in [0.29, 0.717) is 25.0 Å². The zero-order valence-electron chi connectivity index (χ0n) is 13.4. The van der Waals surface area contributed by atoms with Crippen molar-refractivity contribution < 1.29 is 19.5 Å². The predicted molar refractivity (Wildman–Crippen MR) is 88.2 cm³/mol. The maximum absolute atomic E-state index is 12.8. The Bertz CT molecular complexity index is 897. The van der Waals surface area contributed by atoms with Gasteiger partial charge in [0.25, 0.3) is 5.91 Å². The van der Waals surface area contributed by atoms with Crippen LogP contribution in [0.3, 0.4) is 0 Å². The number of carbonyl (C=O) groups is 2. The number of nitrogens with zero attached hydrogens (tertiary/aromatic N) is 4. The minimum Gasteiger partial charge on any atom is -0.477 e. The Labute approximate surface area is 143 Å². The zero-order valence-corrected chi connectivity index (χ0v) is 13.4. The molecule has 8 nitrogen and oxygen atoms in total. The van der Waals surface area contributed by atoms with Crippen LogP contribution in [0.25, 0.3) is 11.0 Å². The van der Waals surface area contributed by atoms with Gasteiger partial charge in [-0.25, -0.2) is 9.78 Å². The van der Waals surface area contributed by atoms with E-state index in [0.717, 1.165) is 11.9 Å². The van der Waals surface area contributed by atoms with Gasteiger partial charge in [-0.3, -0.25) is 9.78 Å². The van der Waals surface area contributed by atoms with Crippen molar-refractivity contribution in [2.45, 2.75) is 24.9 Å². The monoisotopic (exact) mass is 340 g/mol. The Balaban J connectivity index is 1.54. The molecule has 2 aliphatic heterocycles. The van der Waals surface area contributed by atoms with E-state index >= 15 is 0 Å². The molecule has 4 rings (SSSR count). The number of aromatic nitrogens is 2. The lowest BCUT2D eigenvalue weighted by Gasteiger charge is -2.37. The van der Waals surface area contributed by atoms with E-state index in [4.69, 9.17) is 9.94 Å². The maximum atomic E-state index is 12.8. The molecular formula is C17H16N4O4. The number of amides is 1. The van der Waals surface area contributed by atoms with E-state index in [9.17, 15) is 9.59 Å². The predicted octanol–water partition coefficient (Wildman–Crippen LogP) is 1.47. The highest BCUT2D eigenvalue weighted by Crippen LogP contribution is 2.34. The summed E-state index contributed by atoms with van der Waals surface area (Å²) in [5.74, 6) is -1.31. The van der Waals surface area contributed by atoms with Gasteiger partial charge < -0.3 is 14.8 Å². The Morgan fingerprint density at radius 3 is 2.80 bits per heavy atom. The van der Waals surface area contributed by atoms with Crippen molar-refractivity contribution in [3.63, 3.8) is 0 Å². The number of hydrogen-bond donors (Lipinski definition) is 1. The summed E-state index contributed by atoms with van der Waals surface area (Å²) in [5, 5.41) is 12.7. The van der Waals surface area contributed by atoms with Gasteiger partial charge in [0, 0.05) is 13.0 Å². The van der Waals surface area contributed by atoms with Gasteiger partial charge in [0.1, 0.15) is 5.69 Å². The molecule has 0 saturated carbocycles. The maximum Gasteiger partial charge on any atom is 0.353 e. The number of carboxylic acid groups (broad SMARTS) is 1. The van der Waals surface area contributed by atoms with Crippen molar-refractivity contribution in [1.29, 1.82) is 0 Å². The molecule has 2 aromatic rings. The summed E-state index contributed by atoms with van der Waals surface area (Å²) in [5.41, 5.74) is 0.917. The van der Waals surface area contributed by atoms with Crippen molar-refractivity contribution >= 4 is 28.6 Å². The second-order valence-corrected chi connectivity index (χ2v) is 6.37. The molecule has 1 saturated heterocycles. The normalized spacial score (nSPS) is 22.7. The first-order valence-electron chi connectivity index (χ1n) is 8.06. The topological polar surface area (TPSA) is 105 Å². The summed E-state index contributed by atoms with van der Waals surface area (Å²) >= 11 is 0. The van der Waals surface area contributed by atoms with Crippen molar-refractivity contribution in [2.24, 2.45) is 5.16 Å². The standard InChI is InChI=1S/C17H16N4O4/c22-15(14-9-18-11-4-1-2-5-12(11)19-14)21-7-3-6-17(10-21)8-13(16(23)24)20-25-17/h1-2,4-5,9H,3,6-8,10H2,(H,23,24). The second kappa shape index (κ2) is 5.80. The summed E-state index contributed by atoms with van der Waals surface area (Å²) in [6, 6.07) is 7.36. The van der Waals surface area contributed by atoms with Crippen LogP contribution in [0.15, 0.2) is 35.6 Å². The van der Waals surface area contributed by atoms with Gasteiger partial charge in [-0.2, -0.15) is 0 Å². The molecule has 1 N–H and O–H groups in total. The van der Waals surface area contributed by atoms with Crippen molar-refractivity contribution in [1.82, 2.24) is 14.9 Å². The van der Waals surface area contributed by atoms with Gasteiger partial charge in [-0.05, 0) is 25.0 Å². The number of fused-ring (bicyclic) bond motifs is 1. The van der Waals surface area contributed by atoms with E-state index in [1.165, 1.54) is 6.20 Å². The van der Waals surface area contributed by atoms with Crippen LogP contribution in [0.1, 0.15) is 29.8 Å². The third-order valence-electron chi connectivity index (χ3n) is 4.58. The van der Waals surface area contributed by atoms with Crippen molar-refractivity contribution in [3.05, 3.63) is 36.2 Å². The van der Waals surface area contributed by atoms with Crippen molar-refractivity contribution in [2.75, 3.05) is 13.1 Å². The first kappa shape index (κ1) is 15.5. The molecule has 1 aromatic carbocycles. The first-order chi connectivity index (χ1) is 12.1. The Hall–Kier alpha value is -3.03. The van der Waals surface area contributed by atoms with Gasteiger partial charge in [0.15, 0.2) is 11.3 Å². The van der Waals surface area contributed by atoms with Gasteiger partial charge in [-0.15, -0.1) is 0 Å². The zero-order chi connectivity index (χ0) is 17.4. The minimum atomic E-state index is -1.08. The van der Waals surface area contributed by atoms with Crippen LogP contribution >= 0.6 is 0 Å². The fourth-order valence-corrected chi connectivity index (χ4v) is 3.35. The van der Waals surface area contributed by atoms with Crippen LogP contribution in [-0.2, 0) is 9.63 Å². The highest BCUT2D eigenvalue weighted by Gasteiger charge is 2.45. The number of benzene rings is 1. The van der Waals surface area contributed by atoms with Gasteiger partial charge in [-0.1, -0.05) is 17.3 Å². The second-order valence-electron chi connectivity index (χ2n) is 6.37. The van der Waals surface area contributed by atoms with E-state index < -0.39 is 11.6 Å². The quantitative estimate of drug-likeness (QED) is 0.887. The Kier molecular flexibility index (Phi) is 3.60. The fraction of sp³-hybridized carbons (Fsp3) is 0.353. The van der Waals surface area contributed by atoms with Crippen molar-refractivity contribution in [3.8, 4) is 0 Å². The van der Waals surface area contributed by atoms with Crippen LogP contribution in [0.4, 0.5) is 0 Å². The molecule has 8 heteroatoms. The number of oxime groups is 1. The number of rotatable bonds is 2. The molecular weight excluding hydrogens is 324 g/mol. The fourth-order valence-electron chi connectivity index (χ4n) is 3.35. The molecule has 1 atom stereocenters. The van der Waals surface area contributed by atoms with Crippen LogP contribution in [0, 0.1) is 0 Å². The lowest BCUT2D eigenvalue weighted by atomic mass is 9.88. The Morgan fingerprint density at radius 1 is 1.24 bits per heavy atom. The summed E-state index contributed by atoms with van der Waals surface area (Å²) in [6.07, 6.45) is 3.06. The van der Waals surface area contributed by atoms with Crippen LogP contribution < -0.4 is 0 Å². The number of likely N-dealkylation sites (tertiary alicyclic amines) is 1. The largest absolute Gasteiger partial charge is 0.477 e. The highest BCUT2D eigenvalue weighted by molar-refractivity contribution is 6.36. The molecule has 1 fully saturated rings. The molecule has 0 radical (unpaired) electrons. The van der Waals surface area contributed by atoms with Crippen LogP contribution in [0.2, 0.25) is 0 Å². The number of piperidine rings is 1. The molecule has 0 bridgehead atoms. The molecule has 1 aromatic heterocycles. The summed E-state index contributed by atoms with van der Waals surface area (Å²) in [4.78, 5) is 39.6. The number of carbonyl (C=O) groups excluding carboxylic acids is 1. The lowest BCUT2D eigenvalue weighted by molar-refractivity contribution is -0.129. The Morgan fingerprint density at radius 2 is 2.04 bits per heavy atom. The van der Waals surface area contributed by atoms with E-state index in [1.807, 2.05) is 24.3 Å². The van der Waals surface area contributed by atoms with E-state index in [1.54, 1.807) is 4.90 Å². The number of hydrogen-bond acceptors (Lipinski definition) is 6. The van der Waals surface area contributed by atoms with Gasteiger partial charge in [0.05, 0.1) is 23.8 Å². The average Bonchev–Trinajstić information content (AvgIpc) is 3.04. The molecule has 3 heterocycles. The van der Waals surface area contributed by atoms with Crippen LogP contribution in [-0.4, -0.2) is 56.3 Å². The molecule has 1 unspecified atom stereocenters. The minimum absolute atomic E-state index is 0.000189. The molecule has 1 amide bonds. The lowest BCUT2D eigenvalue weighted by Crippen LogP contribution is -2.50. The molecule has 2 aliphatic rings. The number of aliphatic carboxylic acids is 1. The summed E-state index contributed by atoms with van der Waals surface area (Å²) < 4.78 is 0. The molecule has 1 spiro atoms. The van der Waals surface area contributed by atoms with Gasteiger partial charge >= 0.3 is 5.97 Å². The third-order valence-corrected chi connectivity index (χ3v) is 4.58. The SMILES string of the molecule is O=C(O)C1=NOC2(CCCN(C(=O)c3cnc4ccccc4n3)C2)C1. The molecule has 128 valence electrons. The van der Waals surface area contributed by atoms with E-state index in [2.05, 4.69) is 15.1 Å². The number of carboxylic acids is 1. The molecule has 0 aliphatic carbocycles. The van der Waals surface area contributed by atoms with Gasteiger partial charge in [0.2, 0.25) is 0 Å². The number of para-hydroxylation sites is 2. The average molecular weight is 340 g/mol. The third kappa shape index (κ3) is 2.79. The van der Waals surface area contributed by atoms with Crippen LogP contribution in [0.5, 0.6) is 0 Å². The summed E-state index contributed by atoms with van der Waals surface area (Å²) in [7, 11) is 0. The highest BCUT2D eigenvalue weighted by atomic mass is 16.7. The van der Waals surface area contributed by atoms with E-state index in [-0.39, 0.29) is 23.7 Å². The molecule has 25 heavy (non-hydrogen) atoms. The summed E-state index contributed by atoms with van der Waals surface area (Å²) in [6.45, 7) is 0.863. The first-order valence-corrected chi connectivity index (χ1v) is 8.06. The smallest absolute Gasteiger partial charge is 0.353 e.